The lowest BCUT2D eigenvalue weighted by Crippen LogP contribution is -2.20. The number of benzene rings is 2. The molecule has 6 nitrogen and oxygen atoms in total. The van der Waals surface area contributed by atoms with Crippen LogP contribution in [0.4, 0.5) is 0 Å². The smallest absolute Gasteiger partial charge is 0.325 e. The van der Waals surface area contributed by atoms with Gasteiger partial charge in [-0.25, -0.2) is 0 Å². The molecule has 5 N–H and O–H groups in total. The van der Waals surface area contributed by atoms with Gasteiger partial charge in [0.25, 0.3) is 0 Å². The number of rotatable bonds is 7. The SMILES string of the molecule is NC(C(=O)O)c1cccc(-c2ccccc2CCCP(=O)(O)O)c1. The largest absolute Gasteiger partial charge is 0.480 e. The Morgan fingerprint density at radius 1 is 1.12 bits per heavy atom. The summed E-state index contributed by atoms with van der Waals surface area (Å²) in [4.78, 5) is 29.0. The molecule has 0 aliphatic heterocycles. The van der Waals surface area contributed by atoms with Gasteiger partial charge in [0.15, 0.2) is 0 Å². The Balaban J connectivity index is 2.28. The summed E-state index contributed by atoms with van der Waals surface area (Å²) in [5, 5.41) is 9.04. The third kappa shape index (κ3) is 5.01. The van der Waals surface area contributed by atoms with Crippen LogP contribution in [0.25, 0.3) is 11.1 Å². The number of hydrogen-bond acceptors (Lipinski definition) is 3. The van der Waals surface area contributed by atoms with E-state index in [0.29, 0.717) is 18.4 Å². The van der Waals surface area contributed by atoms with Crippen molar-refractivity contribution in [3.05, 3.63) is 59.7 Å². The maximum Gasteiger partial charge on any atom is 0.325 e. The van der Waals surface area contributed by atoms with Crippen LogP contribution in [-0.2, 0) is 15.8 Å². The van der Waals surface area contributed by atoms with Gasteiger partial charge < -0.3 is 20.6 Å². The fourth-order valence-electron chi connectivity index (χ4n) is 2.54. The lowest BCUT2D eigenvalue weighted by atomic mass is 9.94. The molecular weight excluding hydrogens is 329 g/mol. The van der Waals surface area contributed by atoms with Crippen LogP contribution in [0.15, 0.2) is 48.5 Å². The lowest BCUT2D eigenvalue weighted by molar-refractivity contribution is -0.138. The molecule has 0 spiro atoms. The van der Waals surface area contributed by atoms with E-state index >= 15 is 0 Å². The summed E-state index contributed by atoms with van der Waals surface area (Å²) >= 11 is 0. The second-order valence-electron chi connectivity index (χ2n) is 5.59. The van der Waals surface area contributed by atoms with Crippen LogP contribution in [0.1, 0.15) is 23.6 Å². The topological polar surface area (TPSA) is 121 Å². The third-order valence-electron chi connectivity index (χ3n) is 3.74. The quantitative estimate of drug-likeness (QED) is 0.570. The molecule has 0 aliphatic carbocycles. The first-order valence-electron chi connectivity index (χ1n) is 7.49. The van der Waals surface area contributed by atoms with E-state index in [1.807, 2.05) is 30.3 Å². The van der Waals surface area contributed by atoms with Crippen LogP contribution in [0.3, 0.4) is 0 Å². The molecule has 0 heterocycles. The highest BCUT2D eigenvalue weighted by Gasteiger charge is 2.16. The predicted molar refractivity (Wildman–Crippen MR) is 91.7 cm³/mol. The van der Waals surface area contributed by atoms with Gasteiger partial charge in [-0.15, -0.1) is 0 Å². The number of carbonyl (C=O) groups is 1. The molecule has 0 amide bonds. The lowest BCUT2D eigenvalue weighted by Gasteiger charge is -2.13. The highest BCUT2D eigenvalue weighted by molar-refractivity contribution is 7.51. The van der Waals surface area contributed by atoms with Crippen molar-refractivity contribution in [3.8, 4) is 11.1 Å². The molecular formula is C17H20NO5P. The maximum atomic E-state index is 11.1. The highest BCUT2D eigenvalue weighted by atomic mass is 31.2. The molecule has 0 bridgehead atoms. The maximum absolute atomic E-state index is 11.1. The first-order valence-corrected chi connectivity index (χ1v) is 9.29. The van der Waals surface area contributed by atoms with E-state index in [1.54, 1.807) is 18.2 Å². The molecule has 0 radical (unpaired) electrons. The van der Waals surface area contributed by atoms with E-state index in [4.69, 9.17) is 20.6 Å². The molecule has 128 valence electrons. The number of aryl methyl sites for hydroxylation is 1. The molecule has 2 aromatic carbocycles. The van der Waals surface area contributed by atoms with Crippen molar-refractivity contribution < 1.29 is 24.3 Å². The second kappa shape index (κ2) is 7.73. The van der Waals surface area contributed by atoms with Crippen molar-refractivity contribution in [3.63, 3.8) is 0 Å². The predicted octanol–water partition coefficient (Wildman–Crippen LogP) is 2.55. The third-order valence-corrected chi connectivity index (χ3v) is 4.63. The minimum atomic E-state index is -4.00. The molecule has 0 saturated carbocycles. The van der Waals surface area contributed by atoms with Gasteiger partial charge >= 0.3 is 13.6 Å². The monoisotopic (exact) mass is 349 g/mol. The van der Waals surface area contributed by atoms with Crippen molar-refractivity contribution in [1.82, 2.24) is 0 Å². The summed E-state index contributed by atoms with van der Waals surface area (Å²) in [5.41, 5.74) is 8.86. The Labute approximate surface area is 140 Å². The van der Waals surface area contributed by atoms with E-state index in [0.717, 1.165) is 16.7 Å². The van der Waals surface area contributed by atoms with Gasteiger partial charge in [-0.05, 0) is 41.2 Å². The van der Waals surface area contributed by atoms with Gasteiger partial charge in [-0.3, -0.25) is 9.36 Å². The van der Waals surface area contributed by atoms with E-state index < -0.39 is 19.6 Å². The molecule has 0 saturated heterocycles. The zero-order chi connectivity index (χ0) is 17.7. The molecule has 0 fully saturated rings. The van der Waals surface area contributed by atoms with Crippen molar-refractivity contribution in [2.45, 2.75) is 18.9 Å². The normalized spacial score (nSPS) is 12.8. The fraction of sp³-hybridized carbons (Fsp3) is 0.235. The molecule has 1 atom stereocenters. The zero-order valence-corrected chi connectivity index (χ0v) is 13.9. The average Bonchev–Trinajstić information content (AvgIpc) is 2.53. The van der Waals surface area contributed by atoms with Crippen LogP contribution in [0.2, 0.25) is 0 Å². The van der Waals surface area contributed by atoms with E-state index in [2.05, 4.69) is 0 Å². The first kappa shape index (κ1) is 18.4. The number of hydrogen-bond donors (Lipinski definition) is 4. The second-order valence-corrected chi connectivity index (χ2v) is 7.37. The van der Waals surface area contributed by atoms with Crippen molar-refractivity contribution in [1.29, 1.82) is 0 Å². The minimum absolute atomic E-state index is 0.161. The molecule has 7 heteroatoms. The molecule has 2 rings (SSSR count). The fourth-order valence-corrected chi connectivity index (χ4v) is 3.11. The van der Waals surface area contributed by atoms with Gasteiger partial charge in [0.05, 0.1) is 6.16 Å². The summed E-state index contributed by atoms with van der Waals surface area (Å²) in [6.07, 6.45) is 0.734. The highest BCUT2D eigenvalue weighted by Crippen LogP contribution is 2.36. The van der Waals surface area contributed by atoms with Crippen LogP contribution >= 0.6 is 7.60 Å². The number of nitrogens with two attached hydrogens (primary N) is 1. The Morgan fingerprint density at radius 2 is 1.83 bits per heavy atom. The van der Waals surface area contributed by atoms with Gasteiger partial charge in [0, 0.05) is 0 Å². The molecule has 2 aromatic rings. The Bertz CT molecular complexity index is 771. The first-order chi connectivity index (χ1) is 11.3. The van der Waals surface area contributed by atoms with E-state index in [-0.39, 0.29) is 6.16 Å². The minimum Gasteiger partial charge on any atom is -0.480 e. The standard InChI is InChI=1S/C17H20NO5P/c18-16(17(19)20)14-7-3-6-13(11-14)15-9-2-1-5-12(15)8-4-10-24(21,22)23/h1-3,5-7,9,11,16H,4,8,10,18H2,(H,19,20)(H2,21,22,23). The zero-order valence-electron chi connectivity index (χ0n) is 13.0. The summed E-state index contributed by atoms with van der Waals surface area (Å²) in [6.45, 7) is 0. The van der Waals surface area contributed by atoms with Gasteiger partial charge in [-0.2, -0.15) is 0 Å². The summed E-state index contributed by atoms with van der Waals surface area (Å²) in [7, 11) is -4.00. The van der Waals surface area contributed by atoms with Crippen molar-refractivity contribution in [2.24, 2.45) is 5.73 Å². The number of carboxylic acid groups (broad SMARTS) is 1. The Hall–Kier alpha value is -1.98. The summed E-state index contributed by atoms with van der Waals surface area (Å²) in [6, 6.07) is 13.5. The summed E-state index contributed by atoms with van der Waals surface area (Å²) < 4.78 is 11.0. The van der Waals surface area contributed by atoms with Crippen molar-refractivity contribution >= 4 is 13.6 Å². The number of aliphatic carboxylic acids is 1. The van der Waals surface area contributed by atoms with Gasteiger partial charge in [0.1, 0.15) is 6.04 Å². The van der Waals surface area contributed by atoms with Crippen LogP contribution < -0.4 is 5.73 Å². The Morgan fingerprint density at radius 3 is 2.50 bits per heavy atom. The van der Waals surface area contributed by atoms with Crippen LogP contribution in [0.5, 0.6) is 0 Å². The molecule has 0 aliphatic rings. The van der Waals surface area contributed by atoms with Crippen molar-refractivity contribution in [2.75, 3.05) is 6.16 Å². The van der Waals surface area contributed by atoms with Gasteiger partial charge in [-0.1, -0.05) is 42.5 Å². The average molecular weight is 349 g/mol. The van der Waals surface area contributed by atoms with Gasteiger partial charge in [0.2, 0.25) is 0 Å². The van der Waals surface area contributed by atoms with E-state index in [1.165, 1.54) is 0 Å². The molecule has 0 aromatic heterocycles. The van der Waals surface area contributed by atoms with Crippen LogP contribution in [-0.4, -0.2) is 27.0 Å². The van der Waals surface area contributed by atoms with E-state index in [9.17, 15) is 9.36 Å². The summed E-state index contributed by atoms with van der Waals surface area (Å²) in [5.74, 6) is -1.10. The Kier molecular flexibility index (Phi) is 5.91. The molecule has 1 unspecified atom stereocenters. The number of carboxylic acids is 1. The van der Waals surface area contributed by atoms with Crippen LogP contribution in [0, 0.1) is 0 Å². The molecule has 24 heavy (non-hydrogen) atoms.